The third-order valence-corrected chi connectivity index (χ3v) is 3.72. The Balaban J connectivity index is 2.35. The van der Waals surface area contributed by atoms with Crippen LogP contribution in [0.3, 0.4) is 0 Å². The minimum absolute atomic E-state index is 0.240. The number of carbonyl (C=O) groups excluding carboxylic acids is 1. The van der Waals surface area contributed by atoms with Crippen molar-refractivity contribution < 1.29 is 13.9 Å². The topological polar surface area (TPSA) is 77.5 Å². The minimum atomic E-state index is -0.258. The summed E-state index contributed by atoms with van der Waals surface area (Å²) in [6.07, 6.45) is 10.9. The number of nitrogens with one attached hydrogen (secondary N) is 1. The van der Waals surface area contributed by atoms with Crippen molar-refractivity contribution in [2.75, 3.05) is 18.2 Å². The Kier molecular flexibility index (Phi) is 6.85. The van der Waals surface area contributed by atoms with E-state index in [1.165, 1.54) is 0 Å². The highest BCUT2D eigenvalue weighted by Gasteiger charge is 2.18. The second-order valence-electron chi connectivity index (χ2n) is 5.59. The summed E-state index contributed by atoms with van der Waals surface area (Å²) >= 11 is 0. The number of unbranched alkanes of at least 4 members (excludes halogenated alkanes) is 1. The van der Waals surface area contributed by atoms with Crippen LogP contribution < -0.4 is 15.8 Å². The third kappa shape index (κ3) is 4.66. The average molecular weight is 352 g/mol. The van der Waals surface area contributed by atoms with E-state index in [-0.39, 0.29) is 11.8 Å². The molecule has 0 bridgehead atoms. The Bertz CT molecular complexity index is 815. The fourth-order valence-electron chi connectivity index (χ4n) is 2.34. The van der Waals surface area contributed by atoms with Gasteiger partial charge in [0.2, 0.25) is 5.88 Å². The molecule has 5 heteroatoms. The lowest BCUT2D eigenvalue weighted by molar-refractivity contribution is 0.102. The number of nitrogens with two attached hydrogens (primary N) is 1. The van der Waals surface area contributed by atoms with Crippen LogP contribution in [-0.2, 0) is 0 Å². The van der Waals surface area contributed by atoms with Gasteiger partial charge in [0.05, 0.1) is 18.4 Å². The predicted octanol–water partition coefficient (Wildman–Crippen LogP) is 5.14. The molecular formula is C21H24N2O3. The Morgan fingerprint density at radius 2 is 2.04 bits per heavy atom. The molecule has 0 atom stereocenters. The summed E-state index contributed by atoms with van der Waals surface area (Å²) in [7, 11) is 1.58. The van der Waals surface area contributed by atoms with Crippen molar-refractivity contribution in [3.8, 4) is 5.75 Å². The summed E-state index contributed by atoms with van der Waals surface area (Å²) in [5.74, 6) is 1.18. The Hall–Kier alpha value is -3.21. The van der Waals surface area contributed by atoms with Gasteiger partial charge >= 0.3 is 0 Å². The number of allylic oxidation sites excluding steroid dienone is 3. The molecule has 2 rings (SSSR count). The largest absolute Gasteiger partial charge is 0.497 e. The van der Waals surface area contributed by atoms with Gasteiger partial charge in [-0.15, -0.1) is 0 Å². The molecule has 1 aromatic carbocycles. The molecule has 0 aliphatic heterocycles. The van der Waals surface area contributed by atoms with Crippen molar-refractivity contribution in [2.45, 2.75) is 19.8 Å². The lowest BCUT2D eigenvalue weighted by atomic mass is 10.1. The quantitative estimate of drug-likeness (QED) is 0.645. The smallest absolute Gasteiger partial charge is 0.255 e. The Labute approximate surface area is 153 Å². The number of anilines is 2. The predicted molar refractivity (Wildman–Crippen MR) is 107 cm³/mol. The zero-order valence-electron chi connectivity index (χ0n) is 15.1. The van der Waals surface area contributed by atoms with Crippen LogP contribution in [0.25, 0.3) is 12.2 Å². The molecule has 136 valence electrons. The van der Waals surface area contributed by atoms with Gasteiger partial charge in [-0.25, -0.2) is 0 Å². The molecule has 1 aromatic heterocycles. The molecule has 0 aliphatic carbocycles. The zero-order chi connectivity index (χ0) is 18.9. The zero-order valence-corrected chi connectivity index (χ0v) is 15.1. The lowest BCUT2D eigenvalue weighted by Gasteiger charge is -2.06. The highest BCUT2D eigenvalue weighted by molar-refractivity contribution is 6.06. The van der Waals surface area contributed by atoms with Crippen LogP contribution in [0.15, 0.2) is 53.5 Å². The van der Waals surface area contributed by atoms with E-state index in [2.05, 4.69) is 18.8 Å². The molecule has 0 saturated carbocycles. The normalized spacial score (nSPS) is 11.2. The van der Waals surface area contributed by atoms with Gasteiger partial charge in [-0.2, -0.15) is 0 Å². The van der Waals surface area contributed by atoms with E-state index in [1.807, 2.05) is 12.2 Å². The first-order valence-electron chi connectivity index (χ1n) is 8.44. The summed E-state index contributed by atoms with van der Waals surface area (Å²) in [5, 5.41) is 2.90. The number of rotatable bonds is 8. The number of hydrogen-bond acceptors (Lipinski definition) is 4. The first-order chi connectivity index (χ1) is 12.6. The number of hydrogen-bond donors (Lipinski definition) is 2. The minimum Gasteiger partial charge on any atom is -0.497 e. The third-order valence-electron chi connectivity index (χ3n) is 3.72. The van der Waals surface area contributed by atoms with Crippen molar-refractivity contribution >= 4 is 29.6 Å². The summed E-state index contributed by atoms with van der Waals surface area (Å²) in [6, 6.07) is 6.87. The van der Waals surface area contributed by atoms with Crippen LogP contribution in [0.5, 0.6) is 5.75 Å². The van der Waals surface area contributed by atoms with E-state index in [1.54, 1.807) is 49.6 Å². The molecule has 2 aromatic rings. The van der Waals surface area contributed by atoms with E-state index >= 15 is 0 Å². The lowest BCUT2D eigenvalue weighted by Crippen LogP contribution is -2.12. The van der Waals surface area contributed by atoms with Crippen molar-refractivity contribution in [3.63, 3.8) is 0 Å². The molecule has 0 unspecified atom stereocenters. The second kappa shape index (κ2) is 9.32. The average Bonchev–Trinajstić information content (AvgIpc) is 2.94. The maximum atomic E-state index is 12.6. The number of benzene rings is 1. The van der Waals surface area contributed by atoms with Crippen LogP contribution >= 0.6 is 0 Å². The molecule has 0 saturated heterocycles. The van der Waals surface area contributed by atoms with Gasteiger partial charge in [0.1, 0.15) is 5.75 Å². The van der Waals surface area contributed by atoms with Crippen LogP contribution in [-0.4, -0.2) is 13.0 Å². The molecule has 0 spiro atoms. The molecule has 1 heterocycles. The maximum absolute atomic E-state index is 12.6. The fourth-order valence-corrected chi connectivity index (χ4v) is 2.34. The molecule has 3 N–H and O–H groups in total. The van der Waals surface area contributed by atoms with Gasteiger partial charge in [-0.05, 0) is 42.8 Å². The van der Waals surface area contributed by atoms with Crippen molar-refractivity contribution in [2.24, 2.45) is 0 Å². The van der Waals surface area contributed by atoms with Gasteiger partial charge < -0.3 is 20.2 Å². The number of carbonyl (C=O) groups is 1. The summed E-state index contributed by atoms with van der Waals surface area (Å²) in [5.41, 5.74) is 7.64. The van der Waals surface area contributed by atoms with Gasteiger partial charge in [0, 0.05) is 5.56 Å². The van der Waals surface area contributed by atoms with Gasteiger partial charge in [-0.1, -0.05) is 38.2 Å². The van der Waals surface area contributed by atoms with E-state index < -0.39 is 0 Å². The van der Waals surface area contributed by atoms with Crippen LogP contribution in [0.2, 0.25) is 0 Å². The SMILES string of the molecule is C=C/C=C\c1c(N)oc(/C=C/CCC)c1NC(=O)c1ccc(OC)cc1. The number of ether oxygens (including phenoxy) is 1. The van der Waals surface area contributed by atoms with E-state index in [0.717, 1.165) is 12.8 Å². The number of amides is 1. The second-order valence-corrected chi connectivity index (χ2v) is 5.59. The van der Waals surface area contributed by atoms with E-state index in [4.69, 9.17) is 14.9 Å². The summed E-state index contributed by atoms with van der Waals surface area (Å²) in [6.45, 7) is 5.74. The van der Waals surface area contributed by atoms with Crippen LogP contribution in [0, 0.1) is 0 Å². The Morgan fingerprint density at radius 3 is 2.65 bits per heavy atom. The van der Waals surface area contributed by atoms with Crippen molar-refractivity contribution in [3.05, 3.63) is 66.0 Å². The monoisotopic (exact) mass is 352 g/mol. The molecule has 0 radical (unpaired) electrons. The van der Waals surface area contributed by atoms with Gasteiger partial charge in [0.25, 0.3) is 5.91 Å². The molecule has 0 aliphatic rings. The van der Waals surface area contributed by atoms with E-state index in [9.17, 15) is 4.79 Å². The van der Waals surface area contributed by atoms with Crippen LogP contribution in [0.4, 0.5) is 11.6 Å². The molecule has 5 nitrogen and oxygen atoms in total. The van der Waals surface area contributed by atoms with Crippen LogP contribution in [0.1, 0.15) is 41.4 Å². The van der Waals surface area contributed by atoms with Crippen molar-refractivity contribution in [1.29, 1.82) is 0 Å². The summed E-state index contributed by atoms with van der Waals surface area (Å²) in [4.78, 5) is 12.6. The molecular weight excluding hydrogens is 328 g/mol. The molecule has 1 amide bonds. The number of nitrogen functional groups attached to an aromatic ring is 1. The van der Waals surface area contributed by atoms with Crippen molar-refractivity contribution in [1.82, 2.24) is 0 Å². The number of methoxy groups -OCH3 is 1. The first kappa shape index (κ1) is 19.1. The fraction of sp³-hybridized carbons (Fsp3) is 0.190. The highest BCUT2D eigenvalue weighted by Crippen LogP contribution is 2.33. The molecule has 26 heavy (non-hydrogen) atoms. The first-order valence-corrected chi connectivity index (χ1v) is 8.44. The number of furan rings is 1. The van der Waals surface area contributed by atoms with Gasteiger partial charge in [0.15, 0.2) is 5.76 Å². The Morgan fingerprint density at radius 1 is 1.31 bits per heavy atom. The van der Waals surface area contributed by atoms with E-state index in [0.29, 0.717) is 28.3 Å². The van der Waals surface area contributed by atoms with Gasteiger partial charge in [-0.3, -0.25) is 4.79 Å². The maximum Gasteiger partial charge on any atom is 0.255 e. The highest BCUT2D eigenvalue weighted by atomic mass is 16.5. The standard InChI is InChI=1S/C21H24N2O3/c1-4-6-8-10-18-19(17(9-7-5-2)20(22)26-18)23-21(24)15-11-13-16(25-3)14-12-15/h5,7-14H,2,4,6,22H2,1,3H3,(H,23,24)/b9-7-,10-8+. The summed E-state index contributed by atoms with van der Waals surface area (Å²) < 4.78 is 10.8. The molecule has 0 fully saturated rings.